The van der Waals surface area contributed by atoms with E-state index in [4.69, 9.17) is 34.8 Å². The molecule has 0 aliphatic heterocycles. The summed E-state index contributed by atoms with van der Waals surface area (Å²) >= 11 is 18.5. The summed E-state index contributed by atoms with van der Waals surface area (Å²) in [6.07, 6.45) is 0.292. The van der Waals surface area contributed by atoms with Gasteiger partial charge in [-0.3, -0.25) is 13.9 Å². The van der Waals surface area contributed by atoms with Crippen LogP contribution in [-0.2, 0) is 26.2 Å². The molecule has 220 valence electrons. The summed E-state index contributed by atoms with van der Waals surface area (Å²) in [5.74, 6) is -0.922. The molecule has 0 aliphatic rings. The third-order valence-corrected chi connectivity index (χ3v) is 9.01. The lowest BCUT2D eigenvalue weighted by Gasteiger charge is -2.35. The molecule has 0 aliphatic carbocycles. The van der Waals surface area contributed by atoms with Crippen LogP contribution in [0.3, 0.4) is 0 Å². The molecule has 0 saturated carbocycles. The van der Waals surface area contributed by atoms with Gasteiger partial charge in [0, 0.05) is 17.1 Å². The van der Waals surface area contributed by atoms with Gasteiger partial charge in [0.05, 0.1) is 20.6 Å². The Labute approximate surface area is 257 Å². The number of carbonyl (C=O) groups is 2. The topological polar surface area (TPSA) is 86.8 Å². The van der Waals surface area contributed by atoms with Crippen molar-refractivity contribution in [3.05, 3.63) is 92.9 Å². The molecule has 1 unspecified atom stereocenters. The van der Waals surface area contributed by atoms with Gasteiger partial charge in [-0.15, -0.1) is 0 Å². The molecular weight excluding hydrogens is 605 g/mol. The van der Waals surface area contributed by atoms with E-state index in [-0.39, 0.29) is 17.3 Å². The molecule has 3 aromatic rings. The number of amides is 2. The standard InChI is InChI=1S/C30H34Cl3N3O4S/c1-6-26(29(38)34-30(3,4)5)35(18-21-12-14-24(32)25(33)17-21)28(37)19-36(27-15-13-22(31)16-20(27)2)41(39,40)23-10-8-7-9-11-23/h7-17,26H,6,18-19H2,1-5H3,(H,34,38). The predicted octanol–water partition coefficient (Wildman–Crippen LogP) is 6.87. The summed E-state index contributed by atoms with van der Waals surface area (Å²) in [6.45, 7) is 8.51. The molecule has 3 aromatic carbocycles. The number of halogens is 3. The number of nitrogens with one attached hydrogen (secondary N) is 1. The van der Waals surface area contributed by atoms with Crippen LogP contribution in [0.4, 0.5) is 5.69 Å². The number of carbonyl (C=O) groups excluding carboxylic acids is 2. The first-order valence-electron chi connectivity index (χ1n) is 13.0. The van der Waals surface area contributed by atoms with Crippen LogP contribution in [0.1, 0.15) is 45.2 Å². The molecule has 2 amide bonds. The van der Waals surface area contributed by atoms with Crippen LogP contribution in [0, 0.1) is 6.92 Å². The van der Waals surface area contributed by atoms with Crippen LogP contribution >= 0.6 is 34.8 Å². The molecule has 41 heavy (non-hydrogen) atoms. The third kappa shape index (κ3) is 8.38. The molecule has 11 heteroatoms. The van der Waals surface area contributed by atoms with E-state index in [1.807, 2.05) is 20.8 Å². The smallest absolute Gasteiger partial charge is 0.264 e. The lowest BCUT2D eigenvalue weighted by Crippen LogP contribution is -2.55. The minimum absolute atomic E-state index is 0.00458. The second kappa shape index (κ2) is 13.5. The number of anilines is 1. The number of benzene rings is 3. The first kappa shape index (κ1) is 32.7. The summed E-state index contributed by atoms with van der Waals surface area (Å²) in [4.78, 5) is 29.0. The van der Waals surface area contributed by atoms with Gasteiger partial charge in [0.15, 0.2) is 0 Å². The fraction of sp³-hybridized carbons (Fsp3) is 0.333. The van der Waals surface area contributed by atoms with Crippen molar-refractivity contribution in [3.8, 4) is 0 Å². The minimum atomic E-state index is -4.18. The van der Waals surface area contributed by atoms with Crippen molar-refractivity contribution in [1.82, 2.24) is 10.2 Å². The van der Waals surface area contributed by atoms with Gasteiger partial charge in [0.25, 0.3) is 10.0 Å². The van der Waals surface area contributed by atoms with Crippen LogP contribution in [0.15, 0.2) is 71.6 Å². The third-order valence-electron chi connectivity index (χ3n) is 6.26. The number of sulfonamides is 1. The SMILES string of the molecule is CCC(C(=O)NC(C)(C)C)N(Cc1ccc(Cl)c(Cl)c1)C(=O)CN(c1ccc(Cl)cc1C)S(=O)(=O)c1ccccc1. The Hall–Kier alpha value is -2.78. The van der Waals surface area contributed by atoms with Crippen molar-refractivity contribution in [2.75, 3.05) is 10.8 Å². The number of nitrogens with zero attached hydrogens (tertiary/aromatic N) is 2. The van der Waals surface area contributed by atoms with Crippen molar-refractivity contribution in [1.29, 1.82) is 0 Å². The van der Waals surface area contributed by atoms with Gasteiger partial charge in [0.2, 0.25) is 11.8 Å². The second-order valence-corrected chi connectivity index (χ2v) is 13.8. The molecule has 1 N–H and O–H groups in total. The van der Waals surface area contributed by atoms with Gasteiger partial charge in [-0.2, -0.15) is 0 Å². The van der Waals surface area contributed by atoms with E-state index < -0.39 is 34.1 Å². The van der Waals surface area contributed by atoms with Gasteiger partial charge in [0.1, 0.15) is 12.6 Å². The fourth-order valence-electron chi connectivity index (χ4n) is 4.34. The normalized spacial score (nSPS) is 12.5. The van der Waals surface area contributed by atoms with E-state index in [1.54, 1.807) is 68.4 Å². The zero-order valence-corrected chi connectivity index (χ0v) is 26.7. The predicted molar refractivity (Wildman–Crippen MR) is 166 cm³/mol. The Kier molecular flexibility index (Phi) is 10.7. The van der Waals surface area contributed by atoms with Crippen LogP contribution < -0.4 is 9.62 Å². The average molecular weight is 639 g/mol. The Morgan fingerprint density at radius 1 is 0.927 bits per heavy atom. The summed E-state index contributed by atoms with van der Waals surface area (Å²) in [6, 6.07) is 16.7. The maximum atomic E-state index is 14.2. The monoisotopic (exact) mass is 637 g/mol. The molecule has 0 spiro atoms. The van der Waals surface area contributed by atoms with E-state index in [1.165, 1.54) is 17.0 Å². The Morgan fingerprint density at radius 2 is 1.59 bits per heavy atom. The van der Waals surface area contributed by atoms with Crippen LogP contribution in [0.5, 0.6) is 0 Å². The molecule has 0 bridgehead atoms. The maximum Gasteiger partial charge on any atom is 0.264 e. The number of hydrogen-bond donors (Lipinski definition) is 1. The van der Waals surface area contributed by atoms with Crippen LogP contribution in [-0.4, -0.2) is 43.3 Å². The highest BCUT2D eigenvalue weighted by atomic mass is 35.5. The number of aryl methyl sites for hydroxylation is 1. The zero-order chi connectivity index (χ0) is 30.5. The van der Waals surface area contributed by atoms with Gasteiger partial charge >= 0.3 is 0 Å². The van der Waals surface area contributed by atoms with Crippen molar-refractivity contribution >= 4 is 62.3 Å². The van der Waals surface area contributed by atoms with E-state index >= 15 is 0 Å². The molecular formula is C30H34Cl3N3O4S. The lowest BCUT2D eigenvalue weighted by atomic mass is 10.1. The Balaban J connectivity index is 2.11. The van der Waals surface area contributed by atoms with Crippen molar-refractivity contribution < 1.29 is 18.0 Å². The summed E-state index contributed by atoms with van der Waals surface area (Å²) in [5, 5.41) is 4.02. The number of rotatable bonds is 10. The summed E-state index contributed by atoms with van der Waals surface area (Å²) in [5.41, 5.74) is 0.952. The zero-order valence-electron chi connectivity index (χ0n) is 23.6. The lowest BCUT2D eigenvalue weighted by molar-refractivity contribution is -0.141. The largest absolute Gasteiger partial charge is 0.350 e. The van der Waals surface area contributed by atoms with E-state index in [2.05, 4.69) is 5.32 Å². The second-order valence-electron chi connectivity index (χ2n) is 10.7. The van der Waals surface area contributed by atoms with E-state index in [0.29, 0.717) is 38.3 Å². The van der Waals surface area contributed by atoms with Crippen LogP contribution in [0.2, 0.25) is 15.1 Å². The molecule has 0 fully saturated rings. The van der Waals surface area contributed by atoms with Crippen molar-refractivity contribution in [2.24, 2.45) is 0 Å². The van der Waals surface area contributed by atoms with Crippen molar-refractivity contribution in [2.45, 2.75) is 64.1 Å². The van der Waals surface area contributed by atoms with E-state index in [9.17, 15) is 18.0 Å². The molecule has 1 atom stereocenters. The minimum Gasteiger partial charge on any atom is -0.350 e. The summed E-state index contributed by atoms with van der Waals surface area (Å²) in [7, 11) is -4.18. The molecule has 0 aromatic heterocycles. The Bertz CT molecular complexity index is 1510. The van der Waals surface area contributed by atoms with Gasteiger partial charge < -0.3 is 10.2 Å². The van der Waals surface area contributed by atoms with E-state index in [0.717, 1.165) is 4.31 Å². The molecule has 0 radical (unpaired) electrons. The van der Waals surface area contributed by atoms with Gasteiger partial charge in [-0.05, 0) is 87.7 Å². The van der Waals surface area contributed by atoms with Crippen molar-refractivity contribution in [3.63, 3.8) is 0 Å². The van der Waals surface area contributed by atoms with Gasteiger partial charge in [-0.25, -0.2) is 8.42 Å². The number of hydrogen-bond acceptors (Lipinski definition) is 4. The maximum absolute atomic E-state index is 14.2. The highest BCUT2D eigenvalue weighted by Gasteiger charge is 2.35. The average Bonchev–Trinajstić information content (AvgIpc) is 2.89. The summed E-state index contributed by atoms with van der Waals surface area (Å²) < 4.78 is 28.9. The van der Waals surface area contributed by atoms with Crippen LogP contribution in [0.25, 0.3) is 0 Å². The molecule has 0 heterocycles. The molecule has 7 nitrogen and oxygen atoms in total. The highest BCUT2D eigenvalue weighted by molar-refractivity contribution is 7.92. The highest BCUT2D eigenvalue weighted by Crippen LogP contribution is 2.30. The fourth-order valence-corrected chi connectivity index (χ4v) is 6.39. The Morgan fingerprint density at radius 3 is 2.15 bits per heavy atom. The first-order chi connectivity index (χ1) is 19.1. The quantitative estimate of drug-likeness (QED) is 0.263. The van der Waals surface area contributed by atoms with Gasteiger partial charge in [-0.1, -0.05) is 66.0 Å². The molecule has 3 rings (SSSR count). The molecule has 0 saturated heterocycles. The first-order valence-corrected chi connectivity index (χ1v) is 15.6.